The van der Waals surface area contributed by atoms with E-state index in [0.717, 1.165) is 0 Å². The van der Waals surface area contributed by atoms with Crippen LogP contribution in [0.15, 0.2) is 4.79 Å². The van der Waals surface area contributed by atoms with E-state index in [2.05, 4.69) is 9.97 Å². The average molecular weight is 156 g/mol. The molecule has 0 unspecified atom stereocenters. The summed E-state index contributed by atoms with van der Waals surface area (Å²) in [4.78, 5) is 16.6. The Morgan fingerprint density at radius 2 is 2.18 bits per heavy atom. The van der Waals surface area contributed by atoms with E-state index in [-0.39, 0.29) is 17.3 Å². The molecule has 0 amide bonds. The molecule has 0 atom stereocenters. The number of nitrogens with two attached hydrogens (primary N) is 2. The summed E-state index contributed by atoms with van der Waals surface area (Å²) in [6.45, 7) is -0.436. The molecule has 6 nitrogen and oxygen atoms in total. The third-order valence-corrected chi connectivity index (χ3v) is 1.22. The highest BCUT2D eigenvalue weighted by Crippen LogP contribution is 2.01. The van der Waals surface area contributed by atoms with Gasteiger partial charge in [-0.25, -0.2) is 0 Å². The van der Waals surface area contributed by atoms with Gasteiger partial charge in [0, 0.05) is 0 Å². The molecule has 1 aromatic rings. The lowest BCUT2D eigenvalue weighted by Gasteiger charge is -1.99. The molecule has 0 saturated carbocycles. The second-order valence-electron chi connectivity index (χ2n) is 1.97. The third-order valence-electron chi connectivity index (χ3n) is 1.22. The van der Waals surface area contributed by atoms with Gasteiger partial charge in [0.1, 0.15) is 5.82 Å². The summed E-state index contributed by atoms with van der Waals surface area (Å²) >= 11 is 0. The Hall–Kier alpha value is -1.56. The van der Waals surface area contributed by atoms with E-state index in [0.29, 0.717) is 0 Å². The van der Waals surface area contributed by atoms with Crippen LogP contribution in [0.25, 0.3) is 0 Å². The summed E-state index contributed by atoms with van der Waals surface area (Å²) < 4.78 is 0. The molecule has 1 heterocycles. The van der Waals surface area contributed by atoms with Crippen molar-refractivity contribution in [3.8, 4) is 0 Å². The van der Waals surface area contributed by atoms with Gasteiger partial charge in [-0.15, -0.1) is 0 Å². The number of nitrogen functional groups attached to an aromatic ring is 2. The molecule has 0 radical (unpaired) electrons. The lowest BCUT2D eigenvalue weighted by Crippen LogP contribution is -2.18. The fraction of sp³-hybridized carbons (Fsp3) is 0.200. The number of nitrogens with one attached hydrogen (secondary N) is 1. The number of aromatic nitrogens is 2. The maximum atomic E-state index is 10.9. The topological polar surface area (TPSA) is 118 Å². The van der Waals surface area contributed by atoms with Crippen LogP contribution >= 0.6 is 0 Å². The van der Waals surface area contributed by atoms with Crippen molar-refractivity contribution in [1.29, 1.82) is 0 Å². The van der Waals surface area contributed by atoms with Gasteiger partial charge < -0.3 is 16.6 Å². The molecule has 0 saturated heterocycles. The van der Waals surface area contributed by atoms with Crippen LogP contribution in [0.1, 0.15) is 5.56 Å². The van der Waals surface area contributed by atoms with E-state index in [1.165, 1.54) is 0 Å². The molecular weight excluding hydrogens is 148 g/mol. The number of rotatable bonds is 1. The lowest BCUT2D eigenvalue weighted by molar-refractivity contribution is 0.280. The SMILES string of the molecule is Nc1nc(N)c(CO)c(=O)[nH]1. The third kappa shape index (κ3) is 1.30. The van der Waals surface area contributed by atoms with Crippen LogP contribution in [-0.4, -0.2) is 15.1 Å². The molecule has 0 aromatic carbocycles. The highest BCUT2D eigenvalue weighted by atomic mass is 16.3. The Morgan fingerprint density at radius 1 is 1.55 bits per heavy atom. The van der Waals surface area contributed by atoms with Crippen LogP contribution in [0.5, 0.6) is 0 Å². The van der Waals surface area contributed by atoms with Crippen LogP contribution in [0.4, 0.5) is 11.8 Å². The van der Waals surface area contributed by atoms with Gasteiger partial charge in [0.15, 0.2) is 0 Å². The van der Waals surface area contributed by atoms with Gasteiger partial charge in [-0.1, -0.05) is 0 Å². The molecule has 60 valence electrons. The van der Waals surface area contributed by atoms with Gasteiger partial charge >= 0.3 is 0 Å². The maximum absolute atomic E-state index is 10.9. The molecule has 11 heavy (non-hydrogen) atoms. The summed E-state index contributed by atoms with van der Waals surface area (Å²) in [7, 11) is 0. The molecule has 6 heteroatoms. The molecular formula is C5H8N4O2. The van der Waals surface area contributed by atoms with Crippen molar-refractivity contribution in [3.63, 3.8) is 0 Å². The van der Waals surface area contributed by atoms with E-state index in [4.69, 9.17) is 16.6 Å². The predicted molar refractivity (Wildman–Crippen MR) is 39.6 cm³/mol. The van der Waals surface area contributed by atoms with Gasteiger partial charge in [0.25, 0.3) is 5.56 Å². The first kappa shape index (κ1) is 7.55. The largest absolute Gasteiger partial charge is 0.391 e. The summed E-state index contributed by atoms with van der Waals surface area (Å²) in [5.74, 6) is -0.0848. The van der Waals surface area contributed by atoms with E-state index in [1.54, 1.807) is 0 Å². The van der Waals surface area contributed by atoms with Crippen molar-refractivity contribution in [2.24, 2.45) is 0 Å². The minimum absolute atomic E-state index is 0.0336. The number of nitrogens with zero attached hydrogens (tertiary/aromatic N) is 1. The van der Waals surface area contributed by atoms with Crippen molar-refractivity contribution in [1.82, 2.24) is 9.97 Å². The molecule has 0 aliphatic rings. The van der Waals surface area contributed by atoms with Crippen molar-refractivity contribution in [2.75, 3.05) is 11.5 Å². The second-order valence-corrected chi connectivity index (χ2v) is 1.97. The number of hydrogen-bond acceptors (Lipinski definition) is 5. The number of aliphatic hydroxyl groups excluding tert-OH is 1. The molecule has 1 rings (SSSR count). The van der Waals surface area contributed by atoms with E-state index >= 15 is 0 Å². The normalized spacial score (nSPS) is 9.91. The predicted octanol–water partition coefficient (Wildman–Crippen LogP) is -1.57. The van der Waals surface area contributed by atoms with Crippen LogP contribution in [0, 0.1) is 0 Å². The van der Waals surface area contributed by atoms with Crippen LogP contribution in [-0.2, 0) is 6.61 Å². The summed E-state index contributed by atoms with van der Waals surface area (Å²) in [6.07, 6.45) is 0. The Bertz CT molecular complexity index is 319. The van der Waals surface area contributed by atoms with Crippen molar-refractivity contribution in [2.45, 2.75) is 6.61 Å². The number of H-pyrrole nitrogens is 1. The highest BCUT2D eigenvalue weighted by Gasteiger charge is 2.04. The number of anilines is 2. The molecule has 0 bridgehead atoms. The summed E-state index contributed by atoms with van der Waals surface area (Å²) in [6, 6.07) is 0. The van der Waals surface area contributed by atoms with Crippen LogP contribution in [0.3, 0.4) is 0 Å². The second kappa shape index (κ2) is 2.59. The minimum Gasteiger partial charge on any atom is -0.391 e. The van der Waals surface area contributed by atoms with Crippen molar-refractivity contribution in [3.05, 3.63) is 15.9 Å². The lowest BCUT2D eigenvalue weighted by atomic mass is 10.3. The first-order chi connectivity index (χ1) is 5.15. The average Bonchev–Trinajstić information content (AvgIpc) is 1.85. The van der Waals surface area contributed by atoms with Gasteiger partial charge in [-0.3, -0.25) is 9.78 Å². The Balaban J connectivity index is 3.37. The molecule has 0 fully saturated rings. The van der Waals surface area contributed by atoms with Crippen LogP contribution < -0.4 is 17.0 Å². The summed E-state index contributed by atoms with van der Waals surface area (Å²) in [5.41, 5.74) is 9.95. The van der Waals surface area contributed by atoms with E-state index in [9.17, 15) is 4.79 Å². The Morgan fingerprint density at radius 3 is 2.64 bits per heavy atom. The van der Waals surface area contributed by atoms with Gasteiger partial charge in [0.05, 0.1) is 12.2 Å². The highest BCUT2D eigenvalue weighted by molar-refractivity contribution is 5.40. The minimum atomic E-state index is -0.502. The zero-order valence-corrected chi connectivity index (χ0v) is 5.66. The summed E-state index contributed by atoms with van der Waals surface area (Å²) in [5, 5.41) is 8.61. The Labute approximate surface area is 61.9 Å². The molecule has 0 spiro atoms. The quantitative estimate of drug-likeness (QED) is 0.391. The van der Waals surface area contributed by atoms with Gasteiger partial charge in [-0.05, 0) is 0 Å². The fourth-order valence-corrected chi connectivity index (χ4v) is 0.686. The fourth-order valence-electron chi connectivity index (χ4n) is 0.686. The molecule has 1 aromatic heterocycles. The zero-order chi connectivity index (χ0) is 8.43. The van der Waals surface area contributed by atoms with Crippen molar-refractivity contribution >= 4 is 11.8 Å². The van der Waals surface area contributed by atoms with E-state index < -0.39 is 12.2 Å². The first-order valence-corrected chi connectivity index (χ1v) is 2.90. The zero-order valence-electron chi connectivity index (χ0n) is 5.66. The molecule has 0 aliphatic carbocycles. The Kier molecular flexibility index (Phi) is 1.77. The molecule has 0 aliphatic heterocycles. The van der Waals surface area contributed by atoms with Gasteiger partial charge in [0.2, 0.25) is 5.95 Å². The first-order valence-electron chi connectivity index (χ1n) is 2.90. The number of hydrogen-bond donors (Lipinski definition) is 4. The maximum Gasteiger partial charge on any atom is 0.259 e. The number of aliphatic hydroxyl groups is 1. The van der Waals surface area contributed by atoms with Crippen LogP contribution in [0.2, 0.25) is 0 Å². The smallest absolute Gasteiger partial charge is 0.259 e. The number of aromatic amines is 1. The van der Waals surface area contributed by atoms with Gasteiger partial charge in [-0.2, -0.15) is 4.98 Å². The van der Waals surface area contributed by atoms with E-state index in [1.807, 2.05) is 0 Å². The molecule has 6 N–H and O–H groups in total. The van der Waals surface area contributed by atoms with Crippen molar-refractivity contribution < 1.29 is 5.11 Å². The standard InChI is InChI=1S/C5H8N4O2/c6-3-2(1-10)4(11)9-5(7)8-3/h10H,1H2,(H5,6,7,8,9,11). The monoisotopic (exact) mass is 156 g/mol.